The molecule has 0 saturated heterocycles. The van der Waals surface area contributed by atoms with Gasteiger partial charge in [-0.05, 0) is 23.6 Å². The molecular weight excluding hydrogens is 272 g/mol. The summed E-state index contributed by atoms with van der Waals surface area (Å²) >= 11 is 0. The molecule has 0 radical (unpaired) electrons. The summed E-state index contributed by atoms with van der Waals surface area (Å²) in [5.74, 6) is 2.27. The highest BCUT2D eigenvalue weighted by Gasteiger charge is 2.30. The predicted octanol–water partition coefficient (Wildman–Crippen LogP) is 4.39. The Bertz CT molecular complexity index is 779. The van der Waals surface area contributed by atoms with Gasteiger partial charge in [0.2, 0.25) is 0 Å². The van der Waals surface area contributed by atoms with Gasteiger partial charge in [-0.1, -0.05) is 55.5 Å². The molecule has 1 aliphatic heterocycles. The molecule has 0 saturated carbocycles. The lowest BCUT2D eigenvalue weighted by molar-refractivity contribution is 0.116. The summed E-state index contributed by atoms with van der Waals surface area (Å²) in [6.45, 7) is 2.21. The Labute approximate surface area is 130 Å². The van der Waals surface area contributed by atoms with Crippen molar-refractivity contribution in [3.63, 3.8) is 0 Å². The summed E-state index contributed by atoms with van der Waals surface area (Å²) in [5, 5.41) is 0. The maximum atomic E-state index is 6.19. The fraction of sp³-hybridized carbons (Fsp3) is 0.211. The third-order valence-electron chi connectivity index (χ3n) is 4.24. The van der Waals surface area contributed by atoms with E-state index in [1.165, 1.54) is 5.56 Å². The van der Waals surface area contributed by atoms with Gasteiger partial charge in [-0.2, -0.15) is 0 Å². The first-order chi connectivity index (χ1) is 10.8. The van der Waals surface area contributed by atoms with Gasteiger partial charge in [0, 0.05) is 5.92 Å². The van der Waals surface area contributed by atoms with E-state index in [9.17, 15) is 0 Å². The highest BCUT2D eigenvalue weighted by molar-refractivity contribution is 5.58. The van der Waals surface area contributed by atoms with Crippen LogP contribution < -0.4 is 4.74 Å². The molecular formula is C19H18N2O. The molecule has 0 aliphatic carbocycles. The second-order valence-corrected chi connectivity index (χ2v) is 5.88. The van der Waals surface area contributed by atoms with E-state index in [4.69, 9.17) is 4.74 Å². The van der Waals surface area contributed by atoms with Crippen LogP contribution in [0.2, 0.25) is 0 Å². The molecule has 0 fully saturated rings. The van der Waals surface area contributed by atoms with Crippen molar-refractivity contribution in [2.45, 2.75) is 19.4 Å². The van der Waals surface area contributed by atoms with Gasteiger partial charge >= 0.3 is 0 Å². The zero-order chi connectivity index (χ0) is 14.9. The van der Waals surface area contributed by atoms with Gasteiger partial charge in [-0.3, -0.25) is 0 Å². The molecule has 22 heavy (non-hydrogen) atoms. The minimum Gasteiger partial charge on any atom is -0.482 e. The minimum atomic E-state index is -0.0210. The number of imidazole rings is 1. The van der Waals surface area contributed by atoms with Crippen LogP contribution in [-0.2, 0) is 6.42 Å². The minimum absolute atomic E-state index is 0.0210. The topological polar surface area (TPSA) is 37.9 Å². The molecule has 4 rings (SSSR count). The van der Waals surface area contributed by atoms with E-state index in [1.807, 2.05) is 36.5 Å². The lowest BCUT2D eigenvalue weighted by Gasteiger charge is -2.30. The molecule has 2 aromatic carbocycles. The molecule has 3 heteroatoms. The van der Waals surface area contributed by atoms with Gasteiger partial charge in [-0.15, -0.1) is 0 Å². The van der Waals surface area contributed by atoms with Gasteiger partial charge in [-0.25, -0.2) is 4.98 Å². The third kappa shape index (κ3) is 2.29. The lowest BCUT2D eigenvalue weighted by Crippen LogP contribution is -2.24. The average Bonchev–Trinajstić information content (AvgIpc) is 3.05. The average molecular weight is 290 g/mol. The first-order valence-corrected chi connectivity index (χ1v) is 7.66. The molecule has 0 spiro atoms. The summed E-state index contributed by atoms with van der Waals surface area (Å²) in [6.07, 6.45) is 2.89. The van der Waals surface area contributed by atoms with Crippen molar-refractivity contribution < 1.29 is 4.74 Å². The van der Waals surface area contributed by atoms with E-state index in [2.05, 4.69) is 41.2 Å². The Morgan fingerprint density at radius 1 is 1.05 bits per heavy atom. The van der Waals surface area contributed by atoms with Crippen molar-refractivity contribution in [1.29, 1.82) is 0 Å². The van der Waals surface area contributed by atoms with Crippen LogP contribution >= 0.6 is 0 Å². The molecule has 110 valence electrons. The molecule has 3 aromatic rings. The summed E-state index contributed by atoms with van der Waals surface area (Å²) in [7, 11) is 0. The highest BCUT2D eigenvalue weighted by atomic mass is 16.5. The number of hydrogen-bond acceptors (Lipinski definition) is 2. The number of rotatable bonds is 2. The van der Waals surface area contributed by atoms with Crippen LogP contribution in [0, 0.1) is 5.92 Å². The van der Waals surface area contributed by atoms with Gasteiger partial charge in [0.1, 0.15) is 11.6 Å². The van der Waals surface area contributed by atoms with Crippen molar-refractivity contribution in [1.82, 2.24) is 9.97 Å². The van der Waals surface area contributed by atoms with E-state index in [0.717, 1.165) is 29.3 Å². The first-order valence-electron chi connectivity index (χ1n) is 7.66. The van der Waals surface area contributed by atoms with E-state index in [-0.39, 0.29) is 6.10 Å². The Morgan fingerprint density at radius 3 is 2.68 bits per heavy atom. The molecule has 1 aliphatic rings. The smallest absolute Gasteiger partial charge is 0.159 e. The second-order valence-electron chi connectivity index (χ2n) is 5.88. The number of hydrogen-bond donors (Lipinski definition) is 1. The monoisotopic (exact) mass is 290 g/mol. The van der Waals surface area contributed by atoms with E-state index >= 15 is 0 Å². The maximum Gasteiger partial charge on any atom is 0.159 e. The summed E-state index contributed by atoms with van der Waals surface area (Å²) in [6, 6.07) is 18.5. The molecule has 0 bridgehead atoms. The van der Waals surface area contributed by atoms with E-state index in [1.54, 1.807) is 0 Å². The SMILES string of the molecule is CC1Cc2ccccc2OC1c1ncc(-c2ccccc2)[nH]1. The van der Waals surface area contributed by atoms with E-state index in [0.29, 0.717) is 5.92 Å². The van der Waals surface area contributed by atoms with Gasteiger partial charge in [0.05, 0.1) is 11.9 Å². The Hall–Kier alpha value is -2.55. The standard InChI is InChI=1S/C19H18N2O/c1-13-11-15-9-5-6-10-17(15)22-18(13)19-20-12-16(21-19)14-7-3-2-4-8-14/h2-10,12-13,18H,11H2,1H3,(H,20,21). The van der Waals surface area contributed by atoms with Crippen LogP contribution in [0.5, 0.6) is 5.75 Å². The first kappa shape index (κ1) is 13.1. The van der Waals surface area contributed by atoms with Crippen LogP contribution in [0.1, 0.15) is 24.4 Å². The number of ether oxygens (including phenoxy) is 1. The molecule has 1 aromatic heterocycles. The van der Waals surface area contributed by atoms with Gasteiger partial charge in [0.25, 0.3) is 0 Å². The van der Waals surface area contributed by atoms with Crippen LogP contribution in [-0.4, -0.2) is 9.97 Å². The fourth-order valence-electron chi connectivity index (χ4n) is 3.07. The van der Waals surface area contributed by atoms with Crippen LogP contribution in [0.4, 0.5) is 0 Å². The number of fused-ring (bicyclic) bond motifs is 1. The predicted molar refractivity (Wildman–Crippen MR) is 86.7 cm³/mol. The zero-order valence-corrected chi connectivity index (χ0v) is 12.5. The highest BCUT2D eigenvalue weighted by Crippen LogP contribution is 2.37. The molecule has 2 atom stereocenters. The molecule has 0 amide bonds. The zero-order valence-electron chi connectivity index (χ0n) is 12.5. The Morgan fingerprint density at radius 2 is 1.82 bits per heavy atom. The summed E-state index contributed by atoms with van der Waals surface area (Å²) in [5.41, 5.74) is 3.46. The second kappa shape index (κ2) is 5.34. The summed E-state index contributed by atoms with van der Waals surface area (Å²) in [4.78, 5) is 7.98. The number of aromatic nitrogens is 2. The van der Waals surface area contributed by atoms with Crippen molar-refractivity contribution in [2.24, 2.45) is 5.92 Å². The van der Waals surface area contributed by atoms with Crippen molar-refractivity contribution in [3.05, 3.63) is 72.2 Å². The number of aromatic amines is 1. The van der Waals surface area contributed by atoms with Crippen molar-refractivity contribution in [2.75, 3.05) is 0 Å². The number of benzene rings is 2. The number of nitrogens with one attached hydrogen (secondary N) is 1. The van der Waals surface area contributed by atoms with Crippen molar-refractivity contribution in [3.8, 4) is 17.0 Å². The quantitative estimate of drug-likeness (QED) is 0.760. The number of H-pyrrole nitrogens is 1. The number of para-hydroxylation sites is 1. The largest absolute Gasteiger partial charge is 0.482 e. The third-order valence-corrected chi connectivity index (χ3v) is 4.24. The molecule has 3 nitrogen and oxygen atoms in total. The lowest BCUT2D eigenvalue weighted by atomic mass is 9.92. The molecule has 2 heterocycles. The normalized spacial score (nSPS) is 20.2. The number of nitrogens with zero attached hydrogens (tertiary/aromatic N) is 1. The maximum absolute atomic E-state index is 6.19. The summed E-state index contributed by atoms with van der Waals surface area (Å²) < 4.78 is 6.19. The van der Waals surface area contributed by atoms with Gasteiger partial charge < -0.3 is 9.72 Å². The fourth-order valence-corrected chi connectivity index (χ4v) is 3.07. The van der Waals surface area contributed by atoms with Crippen LogP contribution in [0.3, 0.4) is 0 Å². The van der Waals surface area contributed by atoms with E-state index < -0.39 is 0 Å². The molecule has 2 unspecified atom stereocenters. The van der Waals surface area contributed by atoms with Crippen LogP contribution in [0.25, 0.3) is 11.3 Å². The Balaban J connectivity index is 1.64. The molecule has 1 N–H and O–H groups in total. The van der Waals surface area contributed by atoms with Gasteiger partial charge in [0.15, 0.2) is 6.10 Å². The Kier molecular flexibility index (Phi) is 3.19. The van der Waals surface area contributed by atoms with Crippen LogP contribution in [0.15, 0.2) is 60.8 Å². The van der Waals surface area contributed by atoms with Crippen molar-refractivity contribution >= 4 is 0 Å².